The summed E-state index contributed by atoms with van der Waals surface area (Å²) in [7, 11) is 2.66. The number of methoxy groups -OCH3 is 2. The van der Waals surface area contributed by atoms with Gasteiger partial charge in [-0.3, -0.25) is 9.59 Å². The lowest BCUT2D eigenvalue weighted by Gasteiger charge is -2.17. The molecule has 0 aliphatic heterocycles. The molecule has 242 valence electrons. The number of aliphatic hydroxyl groups excluding tert-OH is 2. The maximum Gasteiger partial charge on any atom is 0.308 e. The number of esters is 1. The number of carbonyl (C=O) groups excluding carboxylic acids is 2. The first-order chi connectivity index (χ1) is 22.0. The van der Waals surface area contributed by atoms with Gasteiger partial charge in [-0.05, 0) is 49.2 Å². The van der Waals surface area contributed by atoms with Crippen LogP contribution >= 0.6 is 0 Å². The molecule has 1 aromatic heterocycles. The van der Waals surface area contributed by atoms with Crippen molar-refractivity contribution in [2.24, 2.45) is 0 Å². The van der Waals surface area contributed by atoms with Crippen molar-refractivity contribution in [3.05, 3.63) is 107 Å². The molecule has 3 N–H and O–H groups in total. The lowest BCUT2D eigenvalue weighted by Crippen LogP contribution is -2.27. The number of halogens is 2. The molecule has 0 saturated heterocycles. The molecular formula is C36H38F2N2O6. The van der Waals surface area contributed by atoms with E-state index in [9.17, 15) is 28.6 Å². The number of benzene rings is 3. The largest absolute Gasteiger partial charge is 0.497 e. The highest BCUT2D eigenvalue weighted by atomic mass is 19.1. The zero-order valence-electron chi connectivity index (χ0n) is 26.2. The normalized spacial score (nSPS) is 12.7. The summed E-state index contributed by atoms with van der Waals surface area (Å²) in [5.41, 5.74) is 3.61. The molecule has 3 aromatic carbocycles. The van der Waals surface area contributed by atoms with Gasteiger partial charge in [0.2, 0.25) is 0 Å². The Morgan fingerprint density at radius 3 is 2.22 bits per heavy atom. The van der Waals surface area contributed by atoms with Crippen molar-refractivity contribution in [3.63, 3.8) is 0 Å². The fraction of sp³-hybridized carbons (Fsp3) is 0.278. The smallest absolute Gasteiger partial charge is 0.308 e. The Labute approximate surface area is 266 Å². The summed E-state index contributed by atoms with van der Waals surface area (Å²) in [6, 6.07) is 19.3. The molecular weight excluding hydrogens is 594 g/mol. The molecule has 4 aromatic rings. The minimum atomic E-state index is -1.15. The number of nitrogens with zero attached hydrogens (tertiary/aromatic N) is 1. The molecule has 0 bridgehead atoms. The second kappa shape index (κ2) is 15.5. The van der Waals surface area contributed by atoms with Crippen LogP contribution in [-0.2, 0) is 16.1 Å². The zero-order chi connectivity index (χ0) is 33.4. The molecule has 10 heteroatoms. The summed E-state index contributed by atoms with van der Waals surface area (Å²) >= 11 is 0. The van der Waals surface area contributed by atoms with Gasteiger partial charge in [-0.1, -0.05) is 54.6 Å². The quantitative estimate of drug-likeness (QED) is 0.149. The van der Waals surface area contributed by atoms with Gasteiger partial charge in [-0.25, -0.2) is 8.78 Å². The van der Waals surface area contributed by atoms with Gasteiger partial charge in [0.25, 0.3) is 5.91 Å². The van der Waals surface area contributed by atoms with E-state index in [0.29, 0.717) is 33.7 Å². The van der Waals surface area contributed by atoms with Crippen molar-refractivity contribution in [2.45, 2.75) is 51.5 Å². The highest BCUT2D eigenvalue weighted by Crippen LogP contribution is 2.42. The first-order valence-electron chi connectivity index (χ1n) is 14.8. The summed E-state index contributed by atoms with van der Waals surface area (Å²) in [6.45, 7) is 3.70. The number of hydrogen-bond donors (Lipinski definition) is 3. The van der Waals surface area contributed by atoms with E-state index in [1.807, 2.05) is 48.7 Å². The van der Waals surface area contributed by atoms with Crippen molar-refractivity contribution >= 4 is 18.0 Å². The molecule has 0 radical (unpaired) electrons. The third-order valence-electron chi connectivity index (χ3n) is 7.49. The molecule has 0 saturated carbocycles. The molecule has 1 amide bonds. The molecule has 0 unspecified atom stereocenters. The number of hydrogen-bond acceptors (Lipinski definition) is 6. The van der Waals surface area contributed by atoms with E-state index < -0.39 is 35.7 Å². The van der Waals surface area contributed by atoms with Crippen LogP contribution in [-0.4, -0.2) is 53.1 Å². The number of ether oxygens (including phenoxy) is 2. The van der Waals surface area contributed by atoms with E-state index in [0.717, 1.165) is 0 Å². The van der Waals surface area contributed by atoms with E-state index in [2.05, 4.69) is 10.1 Å². The number of aromatic nitrogens is 1. The maximum absolute atomic E-state index is 14.8. The Kier molecular flexibility index (Phi) is 11.5. The first kappa shape index (κ1) is 34.1. The molecule has 0 fully saturated rings. The second-order valence-corrected chi connectivity index (χ2v) is 11.1. The topological polar surface area (TPSA) is 110 Å². The standard InChI is InChI=1S/C36H38F2N2O6/c1-22(2)40-31(17-15-27(41)18-28(42)19-32(43)46-4)33(24-10-13-26(37)14-11-24)34(23-8-6-5-7-9-23)35(40)36(44)39-21-25-12-16-29(45-3)20-30(25)38/h5-17,20,22,27-28,41-42H,18-19,21H2,1-4H3,(H,39,44)/t27-,28-/m1/s1. The van der Waals surface area contributed by atoms with Crippen molar-refractivity contribution in [2.75, 3.05) is 14.2 Å². The van der Waals surface area contributed by atoms with Gasteiger partial charge in [-0.15, -0.1) is 0 Å². The summed E-state index contributed by atoms with van der Waals surface area (Å²) < 4.78 is 40.4. The lowest BCUT2D eigenvalue weighted by molar-refractivity contribution is -0.143. The monoisotopic (exact) mass is 632 g/mol. The van der Waals surface area contributed by atoms with E-state index in [1.54, 1.807) is 30.3 Å². The van der Waals surface area contributed by atoms with Crippen LogP contribution in [0.15, 0.2) is 78.9 Å². The Balaban J connectivity index is 1.87. The highest BCUT2D eigenvalue weighted by molar-refractivity contribution is 6.06. The van der Waals surface area contributed by atoms with Gasteiger partial charge in [0.05, 0.1) is 32.8 Å². The van der Waals surface area contributed by atoms with Crippen LogP contribution in [0.3, 0.4) is 0 Å². The fourth-order valence-electron chi connectivity index (χ4n) is 5.30. The molecule has 0 aliphatic rings. The molecule has 1 heterocycles. The second-order valence-electron chi connectivity index (χ2n) is 11.1. The average Bonchev–Trinajstić information content (AvgIpc) is 3.39. The highest BCUT2D eigenvalue weighted by Gasteiger charge is 2.29. The van der Waals surface area contributed by atoms with Crippen LogP contribution in [0, 0.1) is 11.6 Å². The summed E-state index contributed by atoms with van der Waals surface area (Å²) in [4.78, 5) is 25.7. The number of rotatable bonds is 13. The number of amides is 1. The van der Waals surface area contributed by atoms with Crippen molar-refractivity contribution in [3.8, 4) is 28.0 Å². The summed E-state index contributed by atoms with van der Waals surface area (Å²) in [5.74, 6) is -1.68. The van der Waals surface area contributed by atoms with Crippen molar-refractivity contribution in [1.82, 2.24) is 9.88 Å². The molecule has 2 atom stereocenters. The SMILES string of the molecule is COC(=O)C[C@H](O)C[C@H](O)C=Cc1c(-c2ccc(F)cc2)c(-c2ccccc2)c(C(=O)NCc2ccc(OC)cc2F)n1C(C)C. The zero-order valence-corrected chi connectivity index (χ0v) is 26.2. The van der Waals surface area contributed by atoms with Gasteiger partial charge < -0.3 is 29.6 Å². The first-order valence-corrected chi connectivity index (χ1v) is 14.8. The Bertz CT molecular complexity index is 1680. The van der Waals surface area contributed by atoms with Crippen molar-refractivity contribution in [1.29, 1.82) is 0 Å². The fourth-order valence-corrected chi connectivity index (χ4v) is 5.30. The van der Waals surface area contributed by atoms with Crippen LogP contribution in [0.5, 0.6) is 5.75 Å². The minimum absolute atomic E-state index is 0.0972. The van der Waals surface area contributed by atoms with Gasteiger partial charge in [0.1, 0.15) is 23.1 Å². The average molecular weight is 633 g/mol. The molecule has 0 spiro atoms. The Hall–Kier alpha value is -4.80. The van der Waals surface area contributed by atoms with Crippen LogP contribution in [0.4, 0.5) is 8.78 Å². The van der Waals surface area contributed by atoms with Gasteiger partial charge >= 0.3 is 5.97 Å². The molecule has 8 nitrogen and oxygen atoms in total. The predicted octanol–water partition coefficient (Wildman–Crippen LogP) is 6.31. The third-order valence-corrected chi connectivity index (χ3v) is 7.49. The van der Waals surface area contributed by atoms with Gasteiger partial charge in [0, 0.05) is 47.5 Å². The van der Waals surface area contributed by atoms with E-state index in [1.165, 1.54) is 38.5 Å². The molecule has 4 rings (SSSR count). The van der Waals surface area contributed by atoms with Gasteiger partial charge in [-0.2, -0.15) is 0 Å². The van der Waals surface area contributed by atoms with Crippen LogP contribution < -0.4 is 10.1 Å². The predicted molar refractivity (Wildman–Crippen MR) is 172 cm³/mol. The Morgan fingerprint density at radius 1 is 0.935 bits per heavy atom. The number of aliphatic hydroxyl groups is 2. The number of nitrogens with one attached hydrogen (secondary N) is 1. The van der Waals surface area contributed by atoms with Crippen LogP contribution in [0.1, 0.15) is 54.5 Å². The third kappa shape index (κ3) is 8.07. The summed E-state index contributed by atoms with van der Waals surface area (Å²) in [6.07, 6.45) is 0.436. The molecule has 0 aliphatic carbocycles. The van der Waals surface area contributed by atoms with E-state index in [-0.39, 0.29) is 36.7 Å². The summed E-state index contributed by atoms with van der Waals surface area (Å²) in [5, 5.41) is 23.9. The van der Waals surface area contributed by atoms with Gasteiger partial charge in [0.15, 0.2) is 0 Å². The number of carbonyl (C=O) groups is 2. The van der Waals surface area contributed by atoms with E-state index in [4.69, 9.17) is 4.74 Å². The van der Waals surface area contributed by atoms with E-state index >= 15 is 0 Å². The minimum Gasteiger partial charge on any atom is -0.497 e. The molecule has 46 heavy (non-hydrogen) atoms. The van der Waals surface area contributed by atoms with Crippen LogP contribution in [0.2, 0.25) is 0 Å². The Morgan fingerprint density at radius 2 is 1.61 bits per heavy atom. The van der Waals surface area contributed by atoms with Crippen molar-refractivity contribution < 1.29 is 38.1 Å². The lowest BCUT2D eigenvalue weighted by atomic mass is 9.94. The maximum atomic E-state index is 14.8. The van der Waals surface area contributed by atoms with Crippen LogP contribution in [0.25, 0.3) is 28.3 Å².